The lowest BCUT2D eigenvalue weighted by Gasteiger charge is -2.32. The van der Waals surface area contributed by atoms with Crippen LogP contribution in [0, 0.1) is 11.3 Å². The number of nitrogens with zero attached hydrogens (tertiary/aromatic N) is 3. The summed E-state index contributed by atoms with van der Waals surface area (Å²) in [5, 5.41) is 10.2. The van der Waals surface area contributed by atoms with Gasteiger partial charge in [0.15, 0.2) is 0 Å². The SMILES string of the molecule is N#CCCN(C(=O)CCC(=O)N1CCC(c2c[nH]c3ccccc23)CC1)c1ccccc1. The molecule has 32 heavy (non-hydrogen) atoms. The first-order chi connectivity index (χ1) is 15.7. The summed E-state index contributed by atoms with van der Waals surface area (Å²) in [5.41, 5.74) is 3.25. The average Bonchev–Trinajstić information content (AvgIpc) is 3.28. The zero-order chi connectivity index (χ0) is 22.3. The molecule has 1 aromatic heterocycles. The fourth-order valence-corrected chi connectivity index (χ4v) is 4.55. The first-order valence-corrected chi connectivity index (χ1v) is 11.2. The van der Waals surface area contributed by atoms with Gasteiger partial charge in [0.2, 0.25) is 11.8 Å². The van der Waals surface area contributed by atoms with E-state index < -0.39 is 0 Å². The molecule has 1 fully saturated rings. The molecule has 1 saturated heterocycles. The molecule has 0 atom stereocenters. The molecule has 2 amide bonds. The van der Waals surface area contributed by atoms with Crippen LogP contribution in [0.1, 0.15) is 43.6 Å². The molecule has 0 radical (unpaired) electrons. The normalized spacial score (nSPS) is 14.3. The number of benzene rings is 2. The number of nitrogens with one attached hydrogen (secondary N) is 1. The van der Waals surface area contributed by atoms with Crippen LogP contribution in [-0.2, 0) is 9.59 Å². The van der Waals surface area contributed by atoms with Crippen molar-refractivity contribution in [2.45, 2.75) is 38.0 Å². The van der Waals surface area contributed by atoms with E-state index in [9.17, 15) is 9.59 Å². The first-order valence-electron chi connectivity index (χ1n) is 11.2. The molecular formula is C26H28N4O2. The molecule has 0 bridgehead atoms. The highest BCUT2D eigenvalue weighted by molar-refractivity contribution is 5.95. The Kier molecular flexibility index (Phi) is 6.86. The molecule has 1 aliphatic heterocycles. The van der Waals surface area contributed by atoms with E-state index in [0.717, 1.165) is 24.0 Å². The maximum atomic E-state index is 12.8. The Morgan fingerprint density at radius 3 is 2.50 bits per heavy atom. The number of H-pyrrole nitrogens is 1. The number of piperidine rings is 1. The highest BCUT2D eigenvalue weighted by Crippen LogP contribution is 2.33. The van der Waals surface area contributed by atoms with Crippen molar-refractivity contribution in [3.63, 3.8) is 0 Å². The molecule has 6 heteroatoms. The Balaban J connectivity index is 1.31. The molecule has 1 aliphatic rings. The van der Waals surface area contributed by atoms with E-state index in [1.165, 1.54) is 10.9 Å². The van der Waals surface area contributed by atoms with Crippen molar-refractivity contribution in [3.05, 3.63) is 66.4 Å². The first kappa shape index (κ1) is 21.6. The number of aromatic amines is 1. The zero-order valence-electron chi connectivity index (χ0n) is 18.2. The molecule has 0 spiro atoms. The van der Waals surface area contributed by atoms with Gasteiger partial charge in [-0.3, -0.25) is 9.59 Å². The maximum absolute atomic E-state index is 12.8. The van der Waals surface area contributed by atoms with Crippen molar-refractivity contribution in [1.82, 2.24) is 9.88 Å². The number of nitriles is 1. The standard InChI is InChI=1S/C26H28N4O2/c27-15-6-16-30(21-7-2-1-3-8-21)26(32)12-11-25(31)29-17-13-20(14-18-29)23-19-28-24-10-5-4-9-22(23)24/h1-5,7-10,19-20,28H,6,11-14,16-18H2. The summed E-state index contributed by atoms with van der Waals surface area (Å²) in [7, 11) is 0. The lowest BCUT2D eigenvalue weighted by Crippen LogP contribution is -2.39. The van der Waals surface area contributed by atoms with E-state index in [0.29, 0.717) is 25.6 Å². The molecule has 0 aliphatic carbocycles. The third kappa shape index (κ3) is 4.83. The van der Waals surface area contributed by atoms with Gasteiger partial charge in [-0.15, -0.1) is 0 Å². The molecular weight excluding hydrogens is 400 g/mol. The van der Waals surface area contributed by atoms with Gasteiger partial charge in [-0.25, -0.2) is 0 Å². The van der Waals surface area contributed by atoms with Gasteiger partial charge in [-0.2, -0.15) is 5.26 Å². The summed E-state index contributed by atoms with van der Waals surface area (Å²) in [6.45, 7) is 1.77. The number of rotatable bonds is 7. The third-order valence-electron chi connectivity index (χ3n) is 6.28. The van der Waals surface area contributed by atoms with Gasteiger partial charge in [0.25, 0.3) is 0 Å². The molecule has 4 rings (SSSR count). The minimum atomic E-state index is -0.117. The van der Waals surface area contributed by atoms with Gasteiger partial charge in [0.05, 0.1) is 12.5 Å². The predicted octanol–water partition coefficient (Wildman–Crippen LogP) is 4.60. The van der Waals surface area contributed by atoms with Gasteiger partial charge in [0.1, 0.15) is 0 Å². The van der Waals surface area contributed by atoms with E-state index in [2.05, 4.69) is 35.4 Å². The summed E-state index contributed by atoms with van der Waals surface area (Å²) in [4.78, 5) is 32.4. The Labute approximate surface area is 188 Å². The van der Waals surface area contributed by atoms with Crippen LogP contribution in [0.25, 0.3) is 10.9 Å². The van der Waals surface area contributed by atoms with E-state index >= 15 is 0 Å². The lowest BCUT2D eigenvalue weighted by molar-refractivity contribution is -0.134. The monoisotopic (exact) mass is 428 g/mol. The van der Waals surface area contributed by atoms with Crippen LogP contribution in [0.15, 0.2) is 60.8 Å². The number of likely N-dealkylation sites (tertiary alicyclic amines) is 1. The number of aromatic nitrogens is 1. The van der Waals surface area contributed by atoms with Crippen molar-refractivity contribution in [2.24, 2.45) is 0 Å². The Hall–Kier alpha value is -3.59. The molecule has 2 heterocycles. The van der Waals surface area contributed by atoms with Crippen LogP contribution in [-0.4, -0.2) is 41.3 Å². The average molecular weight is 429 g/mol. The number of anilines is 1. The third-order valence-corrected chi connectivity index (χ3v) is 6.28. The topological polar surface area (TPSA) is 80.2 Å². The second-order valence-electron chi connectivity index (χ2n) is 8.23. The number of carbonyl (C=O) groups excluding carboxylic acids is 2. The molecule has 3 aromatic rings. The van der Waals surface area contributed by atoms with Crippen LogP contribution in [0.2, 0.25) is 0 Å². The predicted molar refractivity (Wildman–Crippen MR) is 125 cm³/mol. The number of para-hydroxylation sites is 2. The summed E-state index contributed by atoms with van der Waals surface area (Å²) >= 11 is 0. The second kappa shape index (κ2) is 10.1. The van der Waals surface area contributed by atoms with Crippen molar-refractivity contribution in [2.75, 3.05) is 24.5 Å². The van der Waals surface area contributed by atoms with Crippen LogP contribution < -0.4 is 4.90 Å². The highest BCUT2D eigenvalue weighted by Gasteiger charge is 2.26. The fraction of sp³-hybridized carbons (Fsp3) is 0.346. The largest absolute Gasteiger partial charge is 0.361 e. The van der Waals surface area contributed by atoms with Crippen molar-refractivity contribution >= 4 is 28.4 Å². The number of hydrogen-bond donors (Lipinski definition) is 1. The van der Waals surface area contributed by atoms with E-state index in [1.807, 2.05) is 41.3 Å². The zero-order valence-corrected chi connectivity index (χ0v) is 18.2. The van der Waals surface area contributed by atoms with Gasteiger partial charge in [-0.1, -0.05) is 36.4 Å². The van der Waals surface area contributed by atoms with Crippen LogP contribution in [0.3, 0.4) is 0 Å². The quantitative estimate of drug-likeness (QED) is 0.597. The van der Waals surface area contributed by atoms with E-state index in [1.54, 1.807) is 4.90 Å². The molecule has 2 aromatic carbocycles. The van der Waals surface area contributed by atoms with Crippen LogP contribution >= 0.6 is 0 Å². The van der Waals surface area contributed by atoms with Crippen LogP contribution in [0.4, 0.5) is 5.69 Å². The highest BCUT2D eigenvalue weighted by atomic mass is 16.2. The molecule has 0 saturated carbocycles. The number of hydrogen-bond acceptors (Lipinski definition) is 3. The van der Waals surface area contributed by atoms with Crippen LogP contribution in [0.5, 0.6) is 0 Å². The van der Waals surface area contributed by atoms with Crippen molar-refractivity contribution in [1.29, 1.82) is 5.26 Å². The Bertz CT molecular complexity index is 1110. The van der Waals surface area contributed by atoms with E-state index in [4.69, 9.17) is 5.26 Å². The van der Waals surface area contributed by atoms with Crippen molar-refractivity contribution < 1.29 is 9.59 Å². The summed E-state index contributed by atoms with van der Waals surface area (Å²) in [6.07, 6.45) is 4.58. The van der Waals surface area contributed by atoms with Gasteiger partial charge < -0.3 is 14.8 Å². The Morgan fingerprint density at radius 1 is 1.03 bits per heavy atom. The summed E-state index contributed by atoms with van der Waals surface area (Å²) in [5.74, 6) is 0.355. The van der Waals surface area contributed by atoms with Gasteiger partial charge >= 0.3 is 0 Å². The minimum Gasteiger partial charge on any atom is -0.361 e. The minimum absolute atomic E-state index is 0.0315. The van der Waals surface area contributed by atoms with Crippen molar-refractivity contribution in [3.8, 4) is 6.07 Å². The second-order valence-corrected chi connectivity index (χ2v) is 8.23. The molecule has 6 nitrogen and oxygen atoms in total. The summed E-state index contributed by atoms with van der Waals surface area (Å²) in [6, 6.07) is 19.8. The Morgan fingerprint density at radius 2 is 1.75 bits per heavy atom. The number of amides is 2. The smallest absolute Gasteiger partial charge is 0.227 e. The molecule has 164 valence electrons. The van der Waals surface area contributed by atoms with Gasteiger partial charge in [0, 0.05) is 55.3 Å². The number of carbonyl (C=O) groups is 2. The summed E-state index contributed by atoms with van der Waals surface area (Å²) < 4.78 is 0. The fourth-order valence-electron chi connectivity index (χ4n) is 4.55. The number of fused-ring (bicyclic) bond motifs is 1. The molecule has 0 unspecified atom stereocenters. The van der Waals surface area contributed by atoms with Gasteiger partial charge in [-0.05, 0) is 42.5 Å². The molecule has 1 N–H and O–H groups in total. The maximum Gasteiger partial charge on any atom is 0.227 e. The lowest BCUT2D eigenvalue weighted by atomic mass is 9.89. The van der Waals surface area contributed by atoms with E-state index in [-0.39, 0.29) is 31.1 Å².